The largest absolute Gasteiger partial charge is 0.412 e. The highest BCUT2D eigenvalue weighted by Gasteiger charge is 2.51. The second-order valence-electron chi connectivity index (χ2n) is 14.5. The van der Waals surface area contributed by atoms with Gasteiger partial charge in [0.2, 0.25) is 0 Å². The number of rotatable bonds is 15. The third-order valence-corrected chi connectivity index (χ3v) is 18.8. The average molecular weight is 625 g/mol. The molecule has 2 aromatic rings. The quantitative estimate of drug-likeness (QED) is 0.170. The molecule has 238 valence electrons. The molecule has 7 heteroatoms. The Hall–Kier alpha value is -1.77. The molecule has 1 saturated heterocycles. The van der Waals surface area contributed by atoms with E-state index in [1.165, 1.54) is 10.4 Å². The standard InChI is InChI=1S/C36H56O5Si2/c1-10-30(37)19-17-25-36(38-27-28-39-36)26-18-20-31(41-42(8,9)34(2,3)4)29-40-43(35(5,6)7,32-21-13-11-14-22-32)33-23-15-12-16-24-33/h1,11-16,21-24,30-31,37H,17-20,25-29H2,2-9H3/t30-,31+/m1/s1. The molecule has 3 rings (SSSR count). The SMILES string of the molecule is C#C[C@@H](O)CCCC1(CCC[C@@H](CO[Si](c2ccccc2)(c2ccccc2)C(C)(C)C)O[Si](C)(C)C(C)(C)C)OCCO1. The van der Waals surface area contributed by atoms with E-state index in [0.29, 0.717) is 26.2 Å². The molecule has 1 N–H and O–H groups in total. The molecule has 0 aliphatic carbocycles. The fourth-order valence-electron chi connectivity index (χ4n) is 5.91. The van der Waals surface area contributed by atoms with Crippen molar-refractivity contribution in [3.8, 4) is 12.3 Å². The summed E-state index contributed by atoms with van der Waals surface area (Å²) in [4.78, 5) is 0. The van der Waals surface area contributed by atoms with Crippen LogP contribution in [0.1, 0.15) is 80.1 Å². The van der Waals surface area contributed by atoms with Crippen LogP contribution in [-0.2, 0) is 18.3 Å². The Labute approximate surface area is 263 Å². The number of benzene rings is 2. The van der Waals surface area contributed by atoms with Crippen molar-refractivity contribution in [2.75, 3.05) is 19.8 Å². The topological polar surface area (TPSA) is 57.2 Å². The number of hydrogen-bond acceptors (Lipinski definition) is 5. The Kier molecular flexibility index (Phi) is 12.5. The van der Waals surface area contributed by atoms with Crippen molar-refractivity contribution in [2.45, 2.75) is 121 Å². The maximum atomic E-state index is 9.84. The van der Waals surface area contributed by atoms with Gasteiger partial charge in [0.1, 0.15) is 6.10 Å². The summed E-state index contributed by atoms with van der Waals surface area (Å²) in [6.45, 7) is 20.2. The highest BCUT2D eigenvalue weighted by atomic mass is 28.4. The van der Waals surface area contributed by atoms with Gasteiger partial charge in [0.15, 0.2) is 14.1 Å². The third kappa shape index (κ3) is 9.14. The van der Waals surface area contributed by atoms with Gasteiger partial charge in [-0.3, -0.25) is 0 Å². The fraction of sp³-hybridized carbons (Fsp3) is 0.611. The first kappa shape index (κ1) is 35.7. The van der Waals surface area contributed by atoms with E-state index in [9.17, 15) is 5.11 Å². The summed E-state index contributed by atoms with van der Waals surface area (Å²) in [5, 5.41) is 12.4. The van der Waals surface area contributed by atoms with Gasteiger partial charge in [0, 0.05) is 12.8 Å². The predicted molar refractivity (Wildman–Crippen MR) is 183 cm³/mol. The molecule has 0 unspecified atom stereocenters. The van der Waals surface area contributed by atoms with Gasteiger partial charge >= 0.3 is 0 Å². The van der Waals surface area contributed by atoms with Crippen molar-refractivity contribution in [3.05, 3.63) is 60.7 Å². The number of ether oxygens (including phenoxy) is 2. The van der Waals surface area contributed by atoms with Crippen molar-refractivity contribution in [1.29, 1.82) is 0 Å². The molecule has 0 amide bonds. The van der Waals surface area contributed by atoms with E-state index in [4.69, 9.17) is 24.7 Å². The average Bonchev–Trinajstić information content (AvgIpc) is 3.41. The van der Waals surface area contributed by atoms with Crippen molar-refractivity contribution in [3.63, 3.8) is 0 Å². The fourth-order valence-corrected chi connectivity index (χ4v) is 11.9. The first-order valence-electron chi connectivity index (χ1n) is 16.0. The third-order valence-electron chi connectivity index (χ3n) is 9.29. The monoisotopic (exact) mass is 624 g/mol. The van der Waals surface area contributed by atoms with Gasteiger partial charge in [0.05, 0.1) is 25.9 Å². The van der Waals surface area contributed by atoms with Crippen LogP contribution >= 0.6 is 0 Å². The summed E-state index contributed by atoms with van der Waals surface area (Å²) < 4.78 is 26.8. The van der Waals surface area contributed by atoms with Crippen molar-refractivity contribution < 1.29 is 23.4 Å². The molecule has 1 fully saturated rings. The van der Waals surface area contributed by atoms with Gasteiger partial charge in [-0.25, -0.2) is 0 Å². The smallest absolute Gasteiger partial charge is 0.261 e. The maximum Gasteiger partial charge on any atom is 0.261 e. The molecule has 0 spiro atoms. The molecule has 1 heterocycles. The van der Waals surface area contributed by atoms with Gasteiger partial charge in [-0.2, -0.15) is 0 Å². The van der Waals surface area contributed by atoms with Gasteiger partial charge in [-0.1, -0.05) is 108 Å². The lowest BCUT2D eigenvalue weighted by Crippen LogP contribution is -2.67. The van der Waals surface area contributed by atoms with Gasteiger partial charge in [0.25, 0.3) is 8.32 Å². The molecule has 0 bridgehead atoms. The van der Waals surface area contributed by atoms with E-state index in [1.807, 2.05) is 0 Å². The highest BCUT2D eigenvalue weighted by Crippen LogP contribution is 2.40. The Bertz CT molecular complexity index is 1100. The van der Waals surface area contributed by atoms with Crippen LogP contribution in [0, 0.1) is 12.3 Å². The molecule has 0 saturated carbocycles. The van der Waals surface area contributed by atoms with E-state index in [1.54, 1.807) is 0 Å². The van der Waals surface area contributed by atoms with Crippen LogP contribution in [0.25, 0.3) is 0 Å². The van der Waals surface area contributed by atoms with E-state index in [0.717, 1.165) is 32.1 Å². The van der Waals surface area contributed by atoms with Crippen LogP contribution in [-0.4, -0.2) is 59.6 Å². The van der Waals surface area contributed by atoms with Crippen LogP contribution in [0.15, 0.2) is 60.7 Å². The first-order chi connectivity index (χ1) is 20.2. The number of aliphatic hydroxyl groups excluding tert-OH is 1. The van der Waals surface area contributed by atoms with E-state index in [-0.39, 0.29) is 16.2 Å². The molecule has 0 radical (unpaired) electrons. The first-order valence-corrected chi connectivity index (χ1v) is 20.8. The lowest BCUT2D eigenvalue weighted by Gasteiger charge is -2.45. The van der Waals surface area contributed by atoms with Crippen LogP contribution in [0.3, 0.4) is 0 Å². The molecule has 1 aliphatic rings. The molecular weight excluding hydrogens is 569 g/mol. The molecule has 0 aromatic heterocycles. The van der Waals surface area contributed by atoms with E-state index >= 15 is 0 Å². The molecular formula is C36H56O5Si2. The molecule has 1 aliphatic heterocycles. The van der Waals surface area contributed by atoms with Gasteiger partial charge in [-0.15, -0.1) is 6.42 Å². The second-order valence-corrected chi connectivity index (χ2v) is 23.6. The Morgan fingerprint density at radius 1 is 0.837 bits per heavy atom. The molecule has 2 aromatic carbocycles. The number of hydrogen-bond donors (Lipinski definition) is 1. The summed E-state index contributed by atoms with van der Waals surface area (Å²) in [5.74, 6) is 1.79. The minimum absolute atomic E-state index is 0.0516. The zero-order chi connectivity index (χ0) is 31.8. The Balaban J connectivity index is 1.87. The predicted octanol–water partition coefficient (Wildman–Crippen LogP) is 7.03. The number of aliphatic hydroxyl groups is 1. The summed E-state index contributed by atoms with van der Waals surface area (Å²) in [5.41, 5.74) is 0. The number of terminal acetylenes is 1. The second kappa shape index (κ2) is 15.0. The van der Waals surface area contributed by atoms with Crippen LogP contribution in [0.4, 0.5) is 0 Å². The van der Waals surface area contributed by atoms with Crippen LogP contribution in [0.5, 0.6) is 0 Å². The summed E-state index contributed by atoms with van der Waals surface area (Å²) in [6.07, 6.45) is 9.14. The summed E-state index contributed by atoms with van der Waals surface area (Å²) >= 11 is 0. The lowest BCUT2D eigenvalue weighted by atomic mass is 9.99. The van der Waals surface area contributed by atoms with Crippen LogP contribution in [0.2, 0.25) is 23.2 Å². The highest BCUT2D eigenvalue weighted by molar-refractivity contribution is 6.99. The van der Waals surface area contributed by atoms with E-state index in [2.05, 4.69) is 121 Å². The molecule has 43 heavy (non-hydrogen) atoms. The zero-order valence-electron chi connectivity index (χ0n) is 27.9. The maximum absolute atomic E-state index is 9.84. The molecule has 2 atom stereocenters. The Morgan fingerprint density at radius 3 is 1.77 bits per heavy atom. The lowest BCUT2D eigenvalue weighted by molar-refractivity contribution is -0.169. The van der Waals surface area contributed by atoms with Crippen molar-refractivity contribution in [1.82, 2.24) is 0 Å². The summed E-state index contributed by atoms with van der Waals surface area (Å²) in [6, 6.07) is 21.6. The van der Waals surface area contributed by atoms with Crippen molar-refractivity contribution in [2.24, 2.45) is 0 Å². The molecule has 5 nitrogen and oxygen atoms in total. The normalized spacial score (nSPS) is 17.4. The van der Waals surface area contributed by atoms with Gasteiger partial charge < -0.3 is 23.4 Å². The minimum Gasteiger partial charge on any atom is -0.412 e. The van der Waals surface area contributed by atoms with Crippen LogP contribution < -0.4 is 10.4 Å². The summed E-state index contributed by atoms with van der Waals surface area (Å²) in [7, 11) is -4.78. The Morgan fingerprint density at radius 2 is 1.33 bits per heavy atom. The van der Waals surface area contributed by atoms with Crippen molar-refractivity contribution >= 4 is 27.0 Å². The minimum atomic E-state index is -2.70. The van der Waals surface area contributed by atoms with E-state index < -0.39 is 28.5 Å². The zero-order valence-corrected chi connectivity index (χ0v) is 29.9. The van der Waals surface area contributed by atoms with Gasteiger partial charge in [-0.05, 0) is 59.2 Å².